The molecule has 196 valence electrons. The van der Waals surface area contributed by atoms with Crippen LogP contribution in [0.5, 0.6) is 11.5 Å². The average molecular weight is 516 g/mol. The third-order valence-electron chi connectivity index (χ3n) is 6.14. The molecule has 1 amide bonds. The number of phenolic OH excluding ortho intramolecular Hbond substituents is 1. The van der Waals surface area contributed by atoms with Crippen LogP contribution in [-0.4, -0.2) is 46.5 Å². The van der Waals surface area contributed by atoms with Crippen LogP contribution in [0.25, 0.3) is 5.76 Å². The highest BCUT2D eigenvalue weighted by molar-refractivity contribution is 6.46. The molecule has 0 radical (unpaired) electrons. The minimum Gasteiger partial charge on any atom is -0.508 e. The van der Waals surface area contributed by atoms with Gasteiger partial charge in [0.1, 0.15) is 17.3 Å². The summed E-state index contributed by atoms with van der Waals surface area (Å²) in [5.74, 6) is -1.67. The van der Waals surface area contributed by atoms with E-state index in [-0.39, 0.29) is 23.6 Å². The molecule has 1 fully saturated rings. The molecule has 1 saturated heterocycles. The molecule has 0 aliphatic carbocycles. The standard InChI is InChI=1S/C30H29NO7/c1-18(2)17-38-24-9-5-7-22(15-24)27(33)25-26(21-6-4-8-23(32)14-21)31(29(35)28(25)34)16-19-10-12-20(13-11-19)30(36)37-3/h4-15,18,26,32-33H,16-17H2,1-3H3/b27-25+. The van der Waals surface area contributed by atoms with Crippen LogP contribution in [0.4, 0.5) is 0 Å². The average Bonchev–Trinajstić information content (AvgIpc) is 3.16. The number of aliphatic hydroxyl groups is 1. The lowest BCUT2D eigenvalue weighted by molar-refractivity contribution is -0.140. The number of aromatic hydroxyl groups is 1. The van der Waals surface area contributed by atoms with Crippen molar-refractivity contribution in [3.8, 4) is 11.5 Å². The largest absolute Gasteiger partial charge is 0.508 e. The van der Waals surface area contributed by atoms with Crippen molar-refractivity contribution in [2.24, 2.45) is 5.92 Å². The zero-order valence-electron chi connectivity index (χ0n) is 21.4. The van der Waals surface area contributed by atoms with Crippen LogP contribution in [0.3, 0.4) is 0 Å². The Kier molecular flexibility index (Phi) is 7.81. The summed E-state index contributed by atoms with van der Waals surface area (Å²) in [6.45, 7) is 4.54. The van der Waals surface area contributed by atoms with E-state index in [0.29, 0.717) is 40.5 Å². The maximum absolute atomic E-state index is 13.3. The second-order valence-electron chi connectivity index (χ2n) is 9.44. The smallest absolute Gasteiger partial charge is 0.337 e. The lowest BCUT2D eigenvalue weighted by Crippen LogP contribution is -2.29. The van der Waals surface area contributed by atoms with Crippen molar-refractivity contribution in [1.29, 1.82) is 0 Å². The lowest BCUT2D eigenvalue weighted by atomic mass is 9.95. The van der Waals surface area contributed by atoms with E-state index in [9.17, 15) is 24.6 Å². The summed E-state index contributed by atoms with van der Waals surface area (Å²) in [7, 11) is 1.29. The number of hydrogen-bond acceptors (Lipinski definition) is 7. The maximum Gasteiger partial charge on any atom is 0.337 e. The van der Waals surface area contributed by atoms with Gasteiger partial charge in [0, 0.05) is 12.1 Å². The highest BCUT2D eigenvalue weighted by Crippen LogP contribution is 2.41. The maximum atomic E-state index is 13.3. The molecule has 3 aromatic carbocycles. The predicted molar refractivity (Wildman–Crippen MR) is 141 cm³/mol. The number of phenols is 1. The minimum absolute atomic E-state index is 0.0284. The van der Waals surface area contributed by atoms with Crippen LogP contribution in [0, 0.1) is 5.92 Å². The number of benzene rings is 3. The first kappa shape index (κ1) is 26.5. The predicted octanol–water partition coefficient (Wildman–Crippen LogP) is 4.84. The van der Waals surface area contributed by atoms with Crippen molar-refractivity contribution < 1.29 is 34.1 Å². The van der Waals surface area contributed by atoms with Gasteiger partial charge in [0.2, 0.25) is 0 Å². The molecule has 38 heavy (non-hydrogen) atoms. The van der Waals surface area contributed by atoms with Crippen molar-refractivity contribution in [2.75, 3.05) is 13.7 Å². The zero-order chi connectivity index (χ0) is 27.4. The van der Waals surface area contributed by atoms with Crippen molar-refractivity contribution in [3.05, 3.63) is 101 Å². The van der Waals surface area contributed by atoms with E-state index in [4.69, 9.17) is 9.47 Å². The molecule has 8 nitrogen and oxygen atoms in total. The molecule has 1 aliphatic rings. The second kappa shape index (κ2) is 11.2. The highest BCUT2D eigenvalue weighted by Gasteiger charge is 2.46. The van der Waals surface area contributed by atoms with Crippen LogP contribution < -0.4 is 4.74 Å². The van der Waals surface area contributed by atoms with Gasteiger partial charge in [0.15, 0.2) is 0 Å². The van der Waals surface area contributed by atoms with E-state index in [2.05, 4.69) is 0 Å². The Bertz CT molecular complexity index is 1390. The van der Waals surface area contributed by atoms with E-state index < -0.39 is 23.7 Å². The van der Waals surface area contributed by atoms with Crippen LogP contribution in [0.1, 0.15) is 46.9 Å². The summed E-state index contributed by atoms with van der Waals surface area (Å²) >= 11 is 0. The van der Waals surface area contributed by atoms with Crippen LogP contribution in [0.2, 0.25) is 0 Å². The van der Waals surface area contributed by atoms with Gasteiger partial charge in [-0.15, -0.1) is 0 Å². The number of likely N-dealkylation sites (tertiary alicyclic amines) is 1. The first-order valence-electron chi connectivity index (χ1n) is 12.2. The number of aliphatic hydroxyl groups excluding tert-OH is 1. The molecule has 2 N–H and O–H groups in total. The van der Waals surface area contributed by atoms with Gasteiger partial charge in [0.05, 0.1) is 30.9 Å². The lowest BCUT2D eigenvalue weighted by Gasteiger charge is -2.25. The summed E-state index contributed by atoms with van der Waals surface area (Å²) in [6, 6.07) is 18.5. The third-order valence-corrected chi connectivity index (χ3v) is 6.14. The van der Waals surface area contributed by atoms with Crippen LogP contribution in [-0.2, 0) is 20.9 Å². The topological polar surface area (TPSA) is 113 Å². The highest BCUT2D eigenvalue weighted by atomic mass is 16.5. The molecule has 3 aromatic rings. The number of amides is 1. The monoisotopic (exact) mass is 515 g/mol. The third kappa shape index (κ3) is 5.54. The Balaban J connectivity index is 1.77. The number of ketones is 1. The summed E-state index contributed by atoms with van der Waals surface area (Å²) < 4.78 is 10.5. The van der Waals surface area contributed by atoms with Gasteiger partial charge in [-0.1, -0.05) is 50.2 Å². The number of rotatable bonds is 8. The number of carbonyl (C=O) groups excluding carboxylic acids is 3. The molecule has 0 aromatic heterocycles. The van der Waals surface area contributed by atoms with Crippen molar-refractivity contribution in [2.45, 2.75) is 26.4 Å². The quantitative estimate of drug-likeness (QED) is 0.191. The fraction of sp³-hybridized carbons (Fsp3) is 0.233. The fourth-order valence-corrected chi connectivity index (χ4v) is 4.30. The van der Waals surface area contributed by atoms with E-state index in [1.165, 1.54) is 24.1 Å². The molecule has 0 saturated carbocycles. The number of nitrogens with zero attached hydrogens (tertiary/aromatic N) is 1. The summed E-state index contributed by atoms with van der Waals surface area (Å²) in [4.78, 5) is 39.7. The Labute approximate surface area is 220 Å². The molecule has 8 heteroatoms. The first-order chi connectivity index (χ1) is 18.2. The van der Waals surface area contributed by atoms with Gasteiger partial charge in [-0.05, 0) is 53.4 Å². The van der Waals surface area contributed by atoms with E-state index >= 15 is 0 Å². The summed E-state index contributed by atoms with van der Waals surface area (Å²) in [6.07, 6.45) is 0. The molecule has 0 spiro atoms. The Morgan fingerprint density at radius 3 is 2.34 bits per heavy atom. The number of methoxy groups -OCH3 is 1. The van der Waals surface area contributed by atoms with Gasteiger partial charge in [0.25, 0.3) is 11.7 Å². The Hall–Kier alpha value is -4.59. The number of ether oxygens (including phenoxy) is 2. The molecule has 1 unspecified atom stereocenters. The van der Waals surface area contributed by atoms with Crippen molar-refractivity contribution in [3.63, 3.8) is 0 Å². The van der Waals surface area contributed by atoms with Crippen LogP contribution in [0.15, 0.2) is 78.4 Å². The molecule has 4 rings (SSSR count). The second-order valence-corrected chi connectivity index (χ2v) is 9.44. The Morgan fingerprint density at radius 2 is 1.68 bits per heavy atom. The number of hydrogen-bond donors (Lipinski definition) is 2. The number of esters is 1. The van der Waals surface area contributed by atoms with E-state index in [0.717, 1.165) is 0 Å². The van der Waals surface area contributed by atoms with E-state index in [1.807, 2.05) is 13.8 Å². The SMILES string of the molecule is COC(=O)c1ccc(CN2C(=O)C(=O)/C(=C(/O)c3cccc(OCC(C)C)c3)C2c2cccc(O)c2)cc1. The van der Waals surface area contributed by atoms with Gasteiger partial charge >= 0.3 is 5.97 Å². The minimum atomic E-state index is -0.956. The summed E-state index contributed by atoms with van der Waals surface area (Å²) in [5.41, 5.74) is 1.71. The fourth-order valence-electron chi connectivity index (χ4n) is 4.30. The molecule has 1 atom stereocenters. The molecular weight excluding hydrogens is 486 g/mol. The summed E-state index contributed by atoms with van der Waals surface area (Å²) in [5, 5.41) is 21.5. The Morgan fingerprint density at radius 1 is 0.974 bits per heavy atom. The van der Waals surface area contributed by atoms with Crippen molar-refractivity contribution >= 4 is 23.4 Å². The normalized spacial score (nSPS) is 16.6. The van der Waals surface area contributed by atoms with Crippen LogP contribution >= 0.6 is 0 Å². The van der Waals surface area contributed by atoms with Gasteiger partial charge in [-0.25, -0.2) is 4.79 Å². The van der Waals surface area contributed by atoms with Gasteiger partial charge in [-0.2, -0.15) is 0 Å². The van der Waals surface area contributed by atoms with Crippen molar-refractivity contribution in [1.82, 2.24) is 4.90 Å². The van der Waals surface area contributed by atoms with Gasteiger partial charge < -0.3 is 24.6 Å². The molecule has 1 aliphatic heterocycles. The number of Topliss-reactive ketones (excluding diaryl/α,β-unsaturated/α-hetero) is 1. The van der Waals surface area contributed by atoms with E-state index in [1.54, 1.807) is 60.7 Å². The first-order valence-corrected chi connectivity index (χ1v) is 12.2. The van der Waals surface area contributed by atoms with Gasteiger partial charge in [-0.3, -0.25) is 9.59 Å². The number of carbonyl (C=O) groups is 3. The molecule has 1 heterocycles. The molecular formula is C30H29NO7. The zero-order valence-corrected chi connectivity index (χ0v) is 21.4. The molecule has 0 bridgehead atoms.